The van der Waals surface area contributed by atoms with Crippen LogP contribution >= 0.6 is 0 Å². The second-order valence-electron chi connectivity index (χ2n) is 4.50. The Morgan fingerprint density at radius 1 is 1.38 bits per heavy atom. The minimum absolute atomic E-state index is 0.0168. The lowest BCUT2D eigenvalue weighted by molar-refractivity contribution is -0.274. The van der Waals surface area contributed by atoms with Crippen LogP contribution < -0.4 is 4.74 Å². The number of aliphatic carboxylic acids is 1. The van der Waals surface area contributed by atoms with Gasteiger partial charge in [0.1, 0.15) is 5.75 Å². The van der Waals surface area contributed by atoms with Gasteiger partial charge in [-0.15, -0.1) is 13.2 Å². The predicted molar refractivity (Wildman–Crippen MR) is 66.9 cm³/mol. The number of carboxylic acids is 1. The molecule has 0 aliphatic rings. The van der Waals surface area contributed by atoms with Crippen LogP contribution in [0.25, 0.3) is 0 Å². The fourth-order valence-electron chi connectivity index (χ4n) is 1.62. The fraction of sp³-hybridized carbons (Fsp3) is 0.385. The maximum Gasteiger partial charge on any atom is 0.573 e. The first-order chi connectivity index (χ1) is 9.60. The van der Waals surface area contributed by atoms with Crippen molar-refractivity contribution in [3.05, 3.63) is 29.8 Å². The van der Waals surface area contributed by atoms with Gasteiger partial charge in [-0.1, -0.05) is 13.0 Å². The summed E-state index contributed by atoms with van der Waals surface area (Å²) >= 11 is 0. The number of halogens is 3. The van der Waals surface area contributed by atoms with Crippen molar-refractivity contribution in [1.29, 1.82) is 0 Å². The molecule has 1 aromatic rings. The summed E-state index contributed by atoms with van der Waals surface area (Å²) in [6, 6.07) is 4.61. The van der Waals surface area contributed by atoms with Gasteiger partial charge in [0.15, 0.2) is 0 Å². The predicted octanol–water partition coefficient (Wildman–Crippen LogP) is 2.38. The van der Waals surface area contributed by atoms with E-state index in [1.807, 2.05) is 0 Å². The van der Waals surface area contributed by atoms with Crippen LogP contribution in [0.2, 0.25) is 0 Å². The molecule has 0 saturated heterocycles. The SMILES string of the molecule is CC(CN(C)C(=O)c1cccc(OC(F)(F)F)c1)C(=O)O. The summed E-state index contributed by atoms with van der Waals surface area (Å²) in [5, 5.41) is 8.77. The minimum atomic E-state index is -4.84. The average molecular weight is 305 g/mol. The monoisotopic (exact) mass is 305 g/mol. The zero-order chi connectivity index (χ0) is 16.2. The maximum atomic E-state index is 12.1. The lowest BCUT2D eigenvalue weighted by Crippen LogP contribution is -2.33. The minimum Gasteiger partial charge on any atom is -0.481 e. The largest absolute Gasteiger partial charge is 0.573 e. The van der Waals surface area contributed by atoms with E-state index in [4.69, 9.17) is 5.11 Å². The molecule has 0 saturated carbocycles. The van der Waals surface area contributed by atoms with Gasteiger partial charge in [0.05, 0.1) is 5.92 Å². The van der Waals surface area contributed by atoms with Crippen LogP contribution in [0.1, 0.15) is 17.3 Å². The van der Waals surface area contributed by atoms with Gasteiger partial charge in [-0.05, 0) is 18.2 Å². The van der Waals surface area contributed by atoms with E-state index in [9.17, 15) is 22.8 Å². The van der Waals surface area contributed by atoms with Gasteiger partial charge in [-0.3, -0.25) is 9.59 Å². The summed E-state index contributed by atoms with van der Waals surface area (Å²) in [7, 11) is 1.37. The third-order valence-electron chi connectivity index (χ3n) is 2.63. The summed E-state index contributed by atoms with van der Waals surface area (Å²) in [6.07, 6.45) is -4.84. The van der Waals surface area contributed by atoms with E-state index in [0.29, 0.717) is 0 Å². The first kappa shape index (κ1) is 16.8. The molecule has 1 aromatic carbocycles. The van der Waals surface area contributed by atoms with E-state index < -0.39 is 29.9 Å². The molecular formula is C13H14F3NO4. The third-order valence-corrected chi connectivity index (χ3v) is 2.63. The van der Waals surface area contributed by atoms with E-state index in [1.54, 1.807) is 0 Å². The number of alkyl halides is 3. The molecule has 5 nitrogen and oxygen atoms in total. The molecule has 0 bridgehead atoms. The van der Waals surface area contributed by atoms with Gasteiger partial charge in [-0.2, -0.15) is 0 Å². The average Bonchev–Trinajstić information content (AvgIpc) is 2.35. The number of hydrogen-bond donors (Lipinski definition) is 1. The highest BCUT2D eigenvalue weighted by Crippen LogP contribution is 2.23. The molecule has 0 spiro atoms. The van der Waals surface area contributed by atoms with Crippen molar-refractivity contribution < 1.29 is 32.6 Å². The van der Waals surface area contributed by atoms with Gasteiger partial charge in [0.2, 0.25) is 0 Å². The topological polar surface area (TPSA) is 66.8 Å². The summed E-state index contributed by atoms with van der Waals surface area (Å²) in [5.41, 5.74) is -0.0168. The van der Waals surface area contributed by atoms with Crippen LogP contribution in [-0.2, 0) is 4.79 Å². The molecule has 0 aliphatic heterocycles. The molecular weight excluding hydrogens is 291 g/mol. The summed E-state index contributed by atoms with van der Waals surface area (Å²) in [5.74, 6) is -2.94. The van der Waals surface area contributed by atoms with Crippen molar-refractivity contribution in [2.24, 2.45) is 5.92 Å². The Kier molecular flexibility index (Phi) is 5.17. The first-order valence-corrected chi connectivity index (χ1v) is 5.94. The number of nitrogens with zero attached hydrogens (tertiary/aromatic N) is 1. The molecule has 8 heteroatoms. The Balaban J connectivity index is 2.83. The van der Waals surface area contributed by atoms with Crippen LogP contribution in [0.5, 0.6) is 5.75 Å². The Labute approximate surface area is 118 Å². The van der Waals surface area contributed by atoms with E-state index in [2.05, 4.69) is 4.74 Å². The summed E-state index contributed by atoms with van der Waals surface area (Å²) in [6.45, 7) is 1.37. The van der Waals surface area contributed by atoms with Crippen LogP contribution in [0.3, 0.4) is 0 Å². The second-order valence-corrected chi connectivity index (χ2v) is 4.50. The van der Waals surface area contributed by atoms with E-state index >= 15 is 0 Å². The van der Waals surface area contributed by atoms with Gasteiger partial charge in [0.25, 0.3) is 5.91 Å². The Hall–Kier alpha value is -2.25. The lowest BCUT2D eigenvalue weighted by atomic mass is 10.1. The van der Waals surface area contributed by atoms with Gasteiger partial charge in [0, 0.05) is 19.2 Å². The second kappa shape index (κ2) is 6.47. The highest BCUT2D eigenvalue weighted by atomic mass is 19.4. The molecule has 0 aliphatic carbocycles. The van der Waals surface area contributed by atoms with Crippen LogP contribution in [0, 0.1) is 5.92 Å². The molecule has 1 amide bonds. The maximum absolute atomic E-state index is 12.1. The van der Waals surface area contributed by atoms with Gasteiger partial charge >= 0.3 is 12.3 Å². The summed E-state index contributed by atoms with van der Waals surface area (Å²) < 4.78 is 40.1. The molecule has 1 atom stereocenters. The number of carbonyl (C=O) groups excluding carboxylic acids is 1. The number of ether oxygens (including phenoxy) is 1. The molecule has 0 aromatic heterocycles. The number of amides is 1. The molecule has 1 N–H and O–H groups in total. The van der Waals surface area contributed by atoms with Crippen molar-refractivity contribution >= 4 is 11.9 Å². The number of hydrogen-bond acceptors (Lipinski definition) is 3. The molecule has 0 heterocycles. The number of benzene rings is 1. The van der Waals surface area contributed by atoms with Crippen molar-refractivity contribution in [3.63, 3.8) is 0 Å². The van der Waals surface area contributed by atoms with Crippen molar-refractivity contribution in [3.8, 4) is 5.75 Å². The van der Waals surface area contributed by atoms with Crippen LogP contribution in [0.4, 0.5) is 13.2 Å². The molecule has 1 rings (SSSR count). The summed E-state index contributed by atoms with van der Waals surface area (Å²) in [4.78, 5) is 23.9. The molecule has 21 heavy (non-hydrogen) atoms. The fourth-order valence-corrected chi connectivity index (χ4v) is 1.62. The first-order valence-electron chi connectivity index (χ1n) is 5.94. The van der Waals surface area contributed by atoms with Crippen molar-refractivity contribution in [2.45, 2.75) is 13.3 Å². The van der Waals surface area contributed by atoms with E-state index in [-0.39, 0.29) is 12.1 Å². The highest BCUT2D eigenvalue weighted by molar-refractivity contribution is 5.94. The number of carboxylic acid groups (broad SMARTS) is 1. The Bertz CT molecular complexity index is 530. The smallest absolute Gasteiger partial charge is 0.481 e. The van der Waals surface area contributed by atoms with Crippen molar-refractivity contribution in [1.82, 2.24) is 4.90 Å². The number of rotatable bonds is 5. The van der Waals surface area contributed by atoms with E-state index in [1.165, 1.54) is 26.1 Å². The zero-order valence-electron chi connectivity index (χ0n) is 11.3. The number of carbonyl (C=O) groups is 2. The highest BCUT2D eigenvalue weighted by Gasteiger charge is 2.31. The molecule has 0 radical (unpaired) electrons. The Morgan fingerprint density at radius 2 is 2.00 bits per heavy atom. The van der Waals surface area contributed by atoms with Crippen LogP contribution in [-0.4, -0.2) is 41.8 Å². The van der Waals surface area contributed by atoms with Gasteiger partial charge in [-0.25, -0.2) is 0 Å². The lowest BCUT2D eigenvalue weighted by Gasteiger charge is -2.20. The van der Waals surface area contributed by atoms with Crippen LogP contribution in [0.15, 0.2) is 24.3 Å². The molecule has 0 fully saturated rings. The Morgan fingerprint density at radius 3 is 2.52 bits per heavy atom. The van der Waals surface area contributed by atoms with Crippen molar-refractivity contribution in [2.75, 3.05) is 13.6 Å². The normalized spacial score (nSPS) is 12.6. The molecule has 116 valence electrons. The zero-order valence-corrected chi connectivity index (χ0v) is 11.3. The van der Waals surface area contributed by atoms with E-state index in [0.717, 1.165) is 17.0 Å². The molecule has 1 unspecified atom stereocenters. The van der Waals surface area contributed by atoms with Gasteiger partial charge < -0.3 is 14.7 Å². The standard InChI is InChI=1S/C13H14F3NO4/c1-8(12(19)20)7-17(2)11(18)9-4-3-5-10(6-9)21-13(14,15)16/h3-6,8H,7H2,1-2H3,(H,19,20). The quantitative estimate of drug-likeness (QED) is 0.907. The third kappa shape index (κ3) is 5.33.